The predicted octanol–water partition coefficient (Wildman–Crippen LogP) is 5.43. The van der Waals surface area contributed by atoms with Gasteiger partial charge in [-0.3, -0.25) is 9.44 Å². The van der Waals surface area contributed by atoms with Crippen LogP contribution in [0.2, 0.25) is 0 Å². The third kappa shape index (κ3) is 8.71. The summed E-state index contributed by atoms with van der Waals surface area (Å²) in [6, 6.07) is 9.18. The lowest BCUT2D eigenvalue weighted by molar-refractivity contribution is -0.0207. The molecule has 1 aromatic rings. The van der Waals surface area contributed by atoms with E-state index in [-0.39, 0.29) is 0 Å². The monoisotopic (exact) mass is 453 g/mol. The molecule has 0 aromatic heterocycles. The fourth-order valence-electron chi connectivity index (χ4n) is 3.94. The summed E-state index contributed by atoms with van der Waals surface area (Å²) in [6.07, 6.45) is 6.09. The Kier molecular flexibility index (Phi) is 11.6. The van der Waals surface area contributed by atoms with Crippen molar-refractivity contribution in [1.82, 2.24) is 14.2 Å². The summed E-state index contributed by atoms with van der Waals surface area (Å²) in [5.74, 6) is 1.36. The molecule has 0 radical (unpaired) electrons. The van der Waals surface area contributed by atoms with Gasteiger partial charge in [0.25, 0.3) is 0 Å². The van der Waals surface area contributed by atoms with Gasteiger partial charge in [0.15, 0.2) is 0 Å². The van der Waals surface area contributed by atoms with Crippen LogP contribution in [0, 0.1) is 11.8 Å². The largest absolute Gasteiger partial charge is 0.385 e. The SMILES string of the molecule is CCC(C)NSNCCc1ccc(C2(O)CCC(C(C)CNSC(C)C)CC2)cc1. The third-order valence-electron chi connectivity index (χ3n) is 6.34. The highest BCUT2D eigenvalue weighted by molar-refractivity contribution is 7.98. The van der Waals surface area contributed by atoms with Crippen molar-refractivity contribution < 1.29 is 5.11 Å². The Balaban J connectivity index is 1.74. The Morgan fingerprint density at radius 1 is 1.07 bits per heavy atom. The summed E-state index contributed by atoms with van der Waals surface area (Å²) in [5.41, 5.74) is 1.75. The van der Waals surface area contributed by atoms with Gasteiger partial charge in [-0.15, -0.1) is 0 Å². The molecule has 0 aliphatic heterocycles. The molecule has 1 aliphatic rings. The second kappa shape index (κ2) is 13.3. The minimum absolute atomic E-state index is 0.524. The Morgan fingerprint density at radius 3 is 2.33 bits per heavy atom. The zero-order valence-corrected chi connectivity index (χ0v) is 21.2. The van der Waals surface area contributed by atoms with Crippen LogP contribution >= 0.6 is 24.1 Å². The van der Waals surface area contributed by atoms with E-state index < -0.39 is 5.60 Å². The molecule has 0 saturated heterocycles. The average molecular weight is 454 g/mol. The smallest absolute Gasteiger partial charge is 0.0896 e. The summed E-state index contributed by atoms with van der Waals surface area (Å²) in [7, 11) is 0. The van der Waals surface area contributed by atoms with Crippen LogP contribution in [0.1, 0.15) is 77.8 Å². The van der Waals surface area contributed by atoms with E-state index >= 15 is 0 Å². The minimum atomic E-state index is -0.650. The van der Waals surface area contributed by atoms with E-state index in [1.165, 1.54) is 5.56 Å². The van der Waals surface area contributed by atoms with Crippen molar-refractivity contribution in [3.63, 3.8) is 0 Å². The van der Waals surface area contributed by atoms with E-state index in [4.69, 9.17) is 0 Å². The van der Waals surface area contributed by atoms with Crippen molar-refractivity contribution in [1.29, 1.82) is 0 Å². The van der Waals surface area contributed by atoms with Gasteiger partial charge in [0.1, 0.15) is 0 Å². The first-order valence-electron chi connectivity index (χ1n) is 11.7. The van der Waals surface area contributed by atoms with Crippen molar-refractivity contribution in [3.05, 3.63) is 35.4 Å². The minimum Gasteiger partial charge on any atom is -0.385 e. The lowest BCUT2D eigenvalue weighted by atomic mass is 9.71. The van der Waals surface area contributed by atoms with Crippen molar-refractivity contribution in [3.8, 4) is 0 Å². The van der Waals surface area contributed by atoms with E-state index in [9.17, 15) is 5.11 Å². The van der Waals surface area contributed by atoms with Gasteiger partial charge < -0.3 is 5.11 Å². The van der Waals surface area contributed by atoms with Crippen LogP contribution in [0.5, 0.6) is 0 Å². The zero-order valence-electron chi connectivity index (χ0n) is 19.5. The lowest BCUT2D eigenvalue weighted by Gasteiger charge is -2.38. The highest BCUT2D eigenvalue weighted by Gasteiger charge is 2.36. The van der Waals surface area contributed by atoms with Crippen LogP contribution in [0.4, 0.5) is 0 Å². The van der Waals surface area contributed by atoms with Crippen LogP contribution in [0.25, 0.3) is 0 Å². The Bertz CT molecular complexity index is 589. The van der Waals surface area contributed by atoms with E-state index in [1.807, 2.05) is 11.9 Å². The van der Waals surface area contributed by atoms with Gasteiger partial charge in [-0.1, -0.05) is 63.9 Å². The van der Waals surface area contributed by atoms with E-state index in [0.717, 1.165) is 57.2 Å². The van der Waals surface area contributed by atoms with Crippen LogP contribution in [-0.4, -0.2) is 29.5 Å². The summed E-state index contributed by atoms with van der Waals surface area (Å²) < 4.78 is 10.3. The van der Waals surface area contributed by atoms with Gasteiger partial charge in [0, 0.05) is 36.5 Å². The first kappa shape index (κ1) is 26.0. The Hall–Kier alpha value is -0.240. The molecule has 1 saturated carbocycles. The number of hydrogen-bond donors (Lipinski definition) is 4. The lowest BCUT2D eigenvalue weighted by Crippen LogP contribution is -2.35. The molecule has 2 rings (SSSR count). The molecular formula is C24H43N3OS2. The maximum Gasteiger partial charge on any atom is 0.0896 e. The molecular weight excluding hydrogens is 410 g/mol. The number of nitrogens with one attached hydrogen (secondary N) is 3. The first-order valence-corrected chi connectivity index (χ1v) is 13.4. The summed E-state index contributed by atoms with van der Waals surface area (Å²) >= 11 is 3.42. The van der Waals surface area contributed by atoms with E-state index in [1.54, 1.807) is 12.1 Å². The maximum absolute atomic E-state index is 11.3. The fraction of sp³-hybridized carbons (Fsp3) is 0.750. The van der Waals surface area contributed by atoms with Crippen LogP contribution in [0.3, 0.4) is 0 Å². The molecule has 0 amide bonds. The van der Waals surface area contributed by atoms with Crippen LogP contribution < -0.4 is 14.2 Å². The summed E-state index contributed by atoms with van der Waals surface area (Å²) in [4.78, 5) is 0. The van der Waals surface area contributed by atoms with Crippen LogP contribution in [0.15, 0.2) is 24.3 Å². The van der Waals surface area contributed by atoms with Crippen molar-refractivity contribution in [2.24, 2.45) is 11.8 Å². The number of hydrogen-bond acceptors (Lipinski definition) is 6. The quantitative estimate of drug-likeness (QED) is 0.236. The summed E-state index contributed by atoms with van der Waals surface area (Å²) in [6.45, 7) is 13.1. The fourth-order valence-corrected chi connectivity index (χ4v) is 5.29. The second-order valence-electron chi connectivity index (χ2n) is 9.23. The molecule has 30 heavy (non-hydrogen) atoms. The predicted molar refractivity (Wildman–Crippen MR) is 134 cm³/mol. The van der Waals surface area contributed by atoms with Crippen molar-refractivity contribution >= 4 is 24.1 Å². The normalized spacial score (nSPS) is 24.2. The third-order valence-corrected chi connectivity index (χ3v) is 8.01. The molecule has 172 valence electrons. The molecule has 1 aliphatic carbocycles. The molecule has 0 heterocycles. The van der Waals surface area contributed by atoms with E-state index in [0.29, 0.717) is 23.1 Å². The molecule has 6 heteroatoms. The number of rotatable bonds is 13. The van der Waals surface area contributed by atoms with E-state index in [2.05, 4.69) is 73.1 Å². The highest BCUT2D eigenvalue weighted by Crippen LogP contribution is 2.41. The standard InChI is InChI=1S/C24H43N3OS2/c1-6-20(5)27-30-25-16-13-21-7-9-23(10-8-21)24(28)14-11-22(12-15-24)19(4)17-26-29-18(2)3/h7-10,18-20,22,25-28H,6,11-17H2,1-5H3. The second-order valence-corrected chi connectivity index (χ2v) is 11.4. The summed E-state index contributed by atoms with van der Waals surface area (Å²) in [5, 5.41) is 11.9. The maximum atomic E-state index is 11.3. The molecule has 0 spiro atoms. The first-order chi connectivity index (χ1) is 14.3. The van der Waals surface area contributed by atoms with Gasteiger partial charge >= 0.3 is 0 Å². The average Bonchev–Trinajstić information content (AvgIpc) is 2.73. The van der Waals surface area contributed by atoms with Gasteiger partial charge in [0.2, 0.25) is 0 Å². The van der Waals surface area contributed by atoms with Gasteiger partial charge in [-0.2, -0.15) is 0 Å². The molecule has 4 nitrogen and oxygen atoms in total. The Labute approximate surface area is 193 Å². The van der Waals surface area contributed by atoms with Gasteiger partial charge in [-0.05, 0) is 68.4 Å². The van der Waals surface area contributed by atoms with Gasteiger partial charge in [0.05, 0.1) is 5.60 Å². The number of benzene rings is 1. The molecule has 1 aromatic carbocycles. The highest BCUT2D eigenvalue weighted by atomic mass is 32.2. The molecule has 1 fully saturated rings. The molecule has 2 unspecified atom stereocenters. The molecule has 4 N–H and O–H groups in total. The zero-order chi connectivity index (χ0) is 22.0. The molecule has 0 bridgehead atoms. The Morgan fingerprint density at radius 2 is 1.73 bits per heavy atom. The van der Waals surface area contributed by atoms with Gasteiger partial charge in [-0.25, -0.2) is 4.72 Å². The number of aliphatic hydroxyl groups is 1. The molecule has 2 atom stereocenters. The van der Waals surface area contributed by atoms with Crippen LogP contribution in [-0.2, 0) is 12.0 Å². The van der Waals surface area contributed by atoms with Crippen molar-refractivity contribution in [2.75, 3.05) is 13.1 Å². The van der Waals surface area contributed by atoms with Crippen molar-refractivity contribution in [2.45, 2.75) is 90.0 Å². The topological polar surface area (TPSA) is 56.3 Å².